The van der Waals surface area contributed by atoms with E-state index in [4.69, 9.17) is 0 Å². The van der Waals surface area contributed by atoms with Crippen LogP contribution in [0.4, 0.5) is 5.69 Å². The van der Waals surface area contributed by atoms with Gasteiger partial charge in [-0.15, -0.1) is 0 Å². The fraction of sp³-hybridized carbons (Fsp3) is 0.533. The summed E-state index contributed by atoms with van der Waals surface area (Å²) in [5.41, 5.74) is 3.98. The van der Waals surface area contributed by atoms with E-state index in [1.54, 1.807) is 0 Å². The maximum Gasteiger partial charge on any atom is 0.236 e. The summed E-state index contributed by atoms with van der Waals surface area (Å²) < 4.78 is 0. The minimum absolute atomic E-state index is 0.197. The van der Waals surface area contributed by atoms with Crippen LogP contribution in [0, 0.1) is 13.8 Å². The van der Waals surface area contributed by atoms with E-state index in [1.807, 2.05) is 11.9 Å². The minimum atomic E-state index is 0.197. The van der Waals surface area contributed by atoms with Crippen molar-refractivity contribution in [1.82, 2.24) is 10.2 Å². The summed E-state index contributed by atoms with van der Waals surface area (Å²) >= 11 is 0. The fourth-order valence-corrected chi connectivity index (χ4v) is 2.54. The standard InChI is InChI=1S/C15H23N3O/c1-12-5-4-6-14(13(12)2)17-7-9-18(10-8-17)15(19)11-16-3/h4-6,16H,7-11H2,1-3H3. The lowest BCUT2D eigenvalue weighted by Gasteiger charge is -2.37. The third-order valence-corrected chi connectivity index (χ3v) is 3.88. The first-order chi connectivity index (χ1) is 9.13. The molecule has 104 valence electrons. The summed E-state index contributed by atoms with van der Waals surface area (Å²) in [6.07, 6.45) is 0. The molecule has 4 nitrogen and oxygen atoms in total. The zero-order valence-electron chi connectivity index (χ0n) is 12.1. The highest BCUT2D eigenvalue weighted by atomic mass is 16.2. The molecule has 2 rings (SSSR count). The Kier molecular flexibility index (Phi) is 4.43. The zero-order valence-corrected chi connectivity index (χ0v) is 12.1. The van der Waals surface area contributed by atoms with E-state index in [1.165, 1.54) is 16.8 Å². The summed E-state index contributed by atoms with van der Waals surface area (Å²) in [5, 5.41) is 2.92. The van der Waals surface area contributed by atoms with Crippen molar-refractivity contribution in [2.45, 2.75) is 13.8 Å². The van der Waals surface area contributed by atoms with Crippen LogP contribution >= 0.6 is 0 Å². The van der Waals surface area contributed by atoms with Gasteiger partial charge in [0.1, 0.15) is 0 Å². The molecule has 1 aromatic rings. The molecule has 19 heavy (non-hydrogen) atoms. The van der Waals surface area contributed by atoms with Crippen LogP contribution in [0.3, 0.4) is 0 Å². The number of benzene rings is 1. The normalized spacial score (nSPS) is 15.7. The van der Waals surface area contributed by atoms with Crippen LogP contribution in [0.15, 0.2) is 18.2 Å². The first kappa shape index (κ1) is 13.9. The van der Waals surface area contributed by atoms with Gasteiger partial charge in [-0.25, -0.2) is 0 Å². The molecule has 0 unspecified atom stereocenters. The first-order valence-electron chi connectivity index (χ1n) is 6.87. The van der Waals surface area contributed by atoms with Gasteiger partial charge >= 0.3 is 0 Å². The Balaban J connectivity index is 2.00. The summed E-state index contributed by atoms with van der Waals surface area (Å²) in [5.74, 6) is 0.197. The number of rotatable bonds is 3. The molecule has 0 aromatic heterocycles. The highest BCUT2D eigenvalue weighted by molar-refractivity contribution is 5.78. The molecule has 0 atom stereocenters. The number of amides is 1. The maximum atomic E-state index is 11.8. The van der Waals surface area contributed by atoms with Gasteiger partial charge in [-0.05, 0) is 38.1 Å². The molecular weight excluding hydrogens is 238 g/mol. The molecule has 1 heterocycles. The number of carbonyl (C=O) groups is 1. The second-order valence-electron chi connectivity index (χ2n) is 5.12. The van der Waals surface area contributed by atoms with E-state index in [-0.39, 0.29) is 5.91 Å². The molecule has 0 spiro atoms. The van der Waals surface area contributed by atoms with E-state index in [2.05, 4.69) is 42.3 Å². The summed E-state index contributed by atoms with van der Waals surface area (Å²) in [4.78, 5) is 16.1. The predicted octanol–water partition coefficient (Wildman–Crippen LogP) is 1.17. The fourth-order valence-electron chi connectivity index (χ4n) is 2.54. The second-order valence-corrected chi connectivity index (χ2v) is 5.12. The number of nitrogens with zero attached hydrogens (tertiary/aromatic N) is 2. The van der Waals surface area contributed by atoms with Gasteiger partial charge in [0, 0.05) is 31.9 Å². The lowest BCUT2D eigenvalue weighted by molar-refractivity contribution is -0.130. The van der Waals surface area contributed by atoms with Gasteiger partial charge in [0.2, 0.25) is 5.91 Å². The molecular formula is C15H23N3O. The predicted molar refractivity (Wildman–Crippen MR) is 78.6 cm³/mol. The van der Waals surface area contributed by atoms with E-state index in [0.717, 1.165) is 26.2 Å². The maximum absolute atomic E-state index is 11.8. The molecule has 0 saturated carbocycles. The summed E-state index contributed by atoms with van der Waals surface area (Å²) in [6, 6.07) is 6.43. The molecule has 0 bridgehead atoms. The monoisotopic (exact) mass is 261 g/mol. The molecule has 0 radical (unpaired) electrons. The minimum Gasteiger partial charge on any atom is -0.368 e. The molecule has 1 N–H and O–H groups in total. The van der Waals surface area contributed by atoms with Crippen molar-refractivity contribution in [1.29, 1.82) is 0 Å². The molecule has 1 amide bonds. The van der Waals surface area contributed by atoms with Crippen LogP contribution in [0.1, 0.15) is 11.1 Å². The lowest BCUT2D eigenvalue weighted by atomic mass is 10.1. The molecule has 0 aliphatic carbocycles. The van der Waals surface area contributed by atoms with Crippen LogP contribution in [0.5, 0.6) is 0 Å². The SMILES string of the molecule is CNCC(=O)N1CCN(c2cccc(C)c2C)CC1. The van der Waals surface area contributed by atoms with Crippen molar-refractivity contribution in [3.8, 4) is 0 Å². The lowest BCUT2D eigenvalue weighted by Crippen LogP contribution is -2.50. The molecule has 4 heteroatoms. The number of nitrogens with one attached hydrogen (secondary N) is 1. The second kappa shape index (κ2) is 6.06. The van der Waals surface area contributed by atoms with Crippen molar-refractivity contribution in [3.05, 3.63) is 29.3 Å². The van der Waals surface area contributed by atoms with Gasteiger partial charge in [-0.2, -0.15) is 0 Å². The molecule has 1 aliphatic heterocycles. The van der Waals surface area contributed by atoms with Gasteiger partial charge in [-0.1, -0.05) is 12.1 Å². The number of hydrogen-bond acceptors (Lipinski definition) is 3. The average Bonchev–Trinajstić information content (AvgIpc) is 2.42. The molecule has 1 fully saturated rings. The van der Waals surface area contributed by atoms with E-state index in [9.17, 15) is 4.79 Å². The van der Waals surface area contributed by atoms with Gasteiger partial charge in [0.15, 0.2) is 0 Å². The smallest absolute Gasteiger partial charge is 0.236 e. The average molecular weight is 261 g/mol. The van der Waals surface area contributed by atoms with Gasteiger partial charge < -0.3 is 15.1 Å². The van der Waals surface area contributed by atoms with Crippen LogP contribution < -0.4 is 10.2 Å². The van der Waals surface area contributed by atoms with Gasteiger partial charge in [0.25, 0.3) is 0 Å². The van der Waals surface area contributed by atoms with Crippen LogP contribution in [-0.4, -0.2) is 50.6 Å². The Morgan fingerprint density at radius 2 is 1.89 bits per heavy atom. The van der Waals surface area contributed by atoms with Gasteiger partial charge in [0.05, 0.1) is 6.54 Å². The van der Waals surface area contributed by atoms with Crippen molar-refractivity contribution in [3.63, 3.8) is 0 Å². The Labute approximate surface area is 115 Å². The van der Waals surface area contributed by atoms with E-state index >= 15 is 0 Å². The largest absolute Gasteiger partial charge is 0.368 e. The number of carbonyl (C=O) groups excluding carboxylic acids is 1. The van der Waals surface area contributed by atoms with Crippen LogP contribution in [0.25, 0.3) is 0 Å². The number of hydrogen-bond donors (Lipinski definition) is 1. The highest BCUT2D eigenvalue weighted by Gasteiger charge is 2.21. The Hall–Kier alpha value is -1.55. The van der Waals surface area contributed by atoms with Crippen molar-refractivity contribution >= 4 is 11.6 Å². The van der Waals surface area contributed by atoms with Crippen molar-refractivity contribution in [2.75, 3.05) is 44.7 Å². The third kappa shape index (κ3) is 3.07. The molecule has 1 aromatic carbocycles. The molecule has 1 saturated heterocycles. The van der Waals surface area contributed by atoms with E-state index < -0.39 is 0 Å². The summed E-state index contributed by atoms with van der Waals surface area (Å²) in [6.45, 7) is 8.21. The van der Waals surface area contributed by atoms with Crippen molar-refractivity contribution in [2.24, 2.45) is 0 Å². The third-order valence-electron chi connectivity index (χ3n) is 3.88. The molecule has 1 aliphatic rings. The number of piperazine rings is 1. The van der Waals surface area contributed by atoms with Crippen LogP contribution in [-0.2, 0) is 4.79 Å². The Bertz CT molecular complexity index is 451. The highest BCUT2D eigenvalue weighted by Crippen LogP contribution is 2.23. The number of anilines is 1. The van der Waals surface area contributed by atoms with Crippen LogP contribution in [0.2, 0.25) is 0 Å². The number of aryl methyl sites for hydroxylation is 1. The quantitative estimate of drug-likeness (QED) is 0.887. The summed E-state index contributed by atoms with van der Waals surface area (Å²) in [7, 11) is 1.81. The zero-order chi connectivity index (χ0) is 13.8. The Morgan fingerprint density at radius 1 is 1.21 bits per heavy atom. The topological polar surface area (TPSA) is 35.6 Å². The van der Waals surface area contributed by atoms with Crippen molar-refractivity contribution < 1.29 is 4.79 Å². The van der Waals surface area contributed by atoms with Gasteiger partial charge in [-0.3, -0.25) is 4.79 Å². The number of likely N-dealkylation sites (N-methyl/N-ethyl adjacent to an activating group) is 1. The Morgan fingerprint density at radius 3 is 2.53 bits per heavy atom. The first-order valence-corrected chi connectivity index (χ1v) is 6.87. The van der Waals surface area contributed by atoms with E-state index in [0.29, 0.717) is 6.54 Å².